The molecule has 0 bridgehead atoms. The number of hydrogen-bond acceptors (Lipinski definition) is 4. The van der Waals surface area contributed by atoms with Gasteiger partial charge >= 0.3 is 0 Å². The van der Waals surface area contributed by atoms with Gasteiger partial charge in [0.25, 0.3) is 0 Å². The highest BCUT2D eigenvalue weighted by Gasteiger charge is 2.15. The van der Waals surface area contributed by atoms with Crippen LogP contribution in [0.15, 0.2) is 18.2 Å². The fourth-order valence-corrected chi connectivity index (χ4v) is 2.07. The Labute approximate surface area is 113 Å². The maximum Gasteiger partial charge on any atom is 0.148 e. The molecule has 0 saturated heterocycles. The highest BCUT2D eigenvalue weighted by atomic mass is 15.3. The van der Waals surface area contributed by atoms with E-state index in [0.29, 0.717) is 12.5 Å². The summed E-state index contributed by atoms with van der Waals surface area (Å²) in [6.45, 7) is 6.80. The standard InChI is InChI=1S/C14H21N5/c1-9(2)13-12(15)14(19(4)18-13)16-8-11-7-5-6-10(3)17-11/h5-7,9,16H,8,15H2,1-4H3. The molecular formula is C14H21N5. The van der Waals surface area contributed by atoms with E-state index in [4.69, 9.17) is 5.73 Å². The van der Waals surface area contributed by atoms with E-state index in [1.807, 2.05) is 32.2 Å². The average molecular weight is 259 g/mol. The summed E-state index contributed by atoms with van der Waals surface area (Å²) in [4.78, 5) is 4.46. The number of anilines is 2. The Hall–Kier alpha value is -2.04. The second kappa shape index (κ2) is 5.30. The molecule has 0 unspecified atom stereocenters. The van der Waals surface area contributed by atoms with Crippen molar-refractivity contribution in [1.82, 2.24) is 14.8 Å². The van der Waals surface area contributed by atoms with Gasteiger partial charge in [0.05, 0.1) is 23.6 Å². The molecule has 2 aromatic rings. The molecule has 19 heavy (non-hydrogen) atoms. The third kappa shape index (κ3) is 2.86. The quantitative estimate of drug-likeness (QED) is 0.885. The topological polar surface area (TPSA) is 68.8 Å². The second-order valence-corrected chi connectivity index (χ2v) is 5.05. The van der Waals surface area contributed by atoms with Crippen LogP contribution in [-0.2, 0) is 13.6 Å². The van der Waals surface area contributed by atoms with E-state index < -0.39 is 0 Å². The number of rotatable bonds is 4. The third-order valence-corrected chi connectivity index (χ3v) is 3.04. The summed E-state index contributed by atoms with van der Waals surface area (Å²) in [5.74, 6) is 1.17. The van der Waals surface area contributed by atoms with Crippen molar-refractivity contribution in [3.05, 3.63) is 35.3 Å². The Kier molecular flexibility index (Phi) is 3.74. The molecule has 3 N–H and O–H groups in total. The Morgan fingerprint density at radius 1 is 1.37 bits per heavy atom. The Balaban J connectivity index is 2.16. The van der Waals surface area contributed by atoms with Gasteiger partial charge in [0, 0.05) is 12.7 Å². The first-order chi connectivity index (χ1) is 8.99. The van der Waals surface area contributed by atoms with Gasteiger partial charge in [-0.2, -0.15) is 5.10 Å². The van der Waals surface area contributed by atoms with Crippen molar-refractivity contribution >= 4 is 11.5 Å². The summed E-state index contributed by atoms with van der Waals surface area (Å²) < 4.78 is 1.79. The average Bonchev–Trinajstić information content (AvgIpc) is 2.63. The van der Waals surface area contributed by atoms with E-state index >= 15 is 0 Å². The highest BCUT2D eigenvalue weighted by molar-refractivity contribution is 5.65. The Morgan fingerprint density at radius 3 is 2.68 bits per heavy atom. The Morgan fingerprint density at radius 2 is 2.11 bits per heavy atom. The fraction of sp³-hybridized carbons (Fsp3) is 0.429. The summed E-state index contributed by atoms with van der Waals surface area (Å²) in [6, 6.07) is 5.99. The molecule has 0 radical (unpaired) electrons. The lowest BCUT2D eigenvalue weighted by Gasteiger charge is -2.08. The minimum Gasteiger partial charge on any atom is -0.394 e. The molecule has 2 rings (SSSR count). The van der Waals surface area contributed by atoms with Crippen LogP contribution >= 0.6 is 0 Å². The van der Waals surface area contributed by atoms with Crippen molar-refractivity contribution in [2.24, 2.45) is 7.05 Å². The lowest BCUT2D eigenvalue weighted by molar-refractivity contribution is 0.714. The molecule has 0 aliphatic heterocycles. The van der Waals surface area contributed by atoms with E-state index in [0.717, 1.165) is 28.6 Å². The zero-order valence-electron chi connectivity index (χ0n) is 11.9. The number of nitrogens with zero attached hydrogens (tertiary/aromatic N) is 3. The fourth-order valence-electron chi connectivity index (χ4n) is 2.07. The van der Waals surface area contributed by atoms with E-state index in [1.54, 1.807) is 4.68 Å². The molecule has 0 fully saturated rings. The smallest absolute Gasteiger partial charge is 0.148 e. The van der Waals surface area contributed by atoms with Crippen LogP contribution in [0.3, 0.4) is 0 Å². The van der Waals surface area contributed by atoms with Crippen molar-refractivity contribution in [2.75, 3.05) is 11.1 Å². The van der Waals surface area contributed by atoms with Gasteiger partial charge in [-0.1, -0.05) is 19.9 Å². The van der Waals surface area contributed by atoms with Crippen molar-refractivity contribution in [3.8, 4) is 0 Å². The lowest BCUT2D eigenvalue weighted by atomic mass is 10.1. The molecule has 0 aliphatic rings. The van der Waals surface area contributed by atoms with E-state index in [1.165, 1.54) is 0 Å². The molecule has 0 saturated carbocycles. The summed E-state index contributed by atoms with van der Waals surface area (Å²) in [7, 11) is 1.90. The van der Waals surface area contributed by atoms with Gasteiger partial charge in [-0.3, -0.25) is 9.67 Å². The van der Waals surface area contributed by atoms with Crippen molar-refractivity contribution < 1.29 is 0 Å². The van der Waals surface area contributed by atoms with Crippen LogP contribution in [0.25, 0.3) is 0 Å². The number of nitrogens with one attached hydrogen (secondary N) is 1. The van der Waals surface area contributed by atoms with Crippen LogP contribution in [0.2, 0.25) is 0 Å². The molecule has 0 aliphatic carbocycles. The first kappa shape index (κ1) is 13.4. The van der Waals surface area contributed by atoms with Gasteiger partial charge in [0.15, 0.2) is 0 Å². The third-order valence-electron chi connectivity index (χ3n) is 3.04. The molecule has 5 nitrogen and oxygen atoms in total. The van der Waals surface area contributed by atoms with Crippen LogP contribution in [-0.4, -0.2) is 14.8 Å². The molecular weight excluding hydrogens is 238 g/mol. The number of pyridine rings is 1. The molecule has 102 valence electrons. The minimum atomic E-state index is 0.318. The van der Waals surface area contributed by atoms with E-state index in [9.17, 15) is 0 Å². The summed E-state index contributed by atoms with van der Waals surface area (Å²) in [5, 5.41) is 7.76. The van der Waals surface area contributed by atoms with Crippen LogP contribution in [0.4, 0.5) is 11.5 Å². The van der Waals surface area contributed by atoms with Crippen molar-refractivity contribution in [1.29, 1.82) is 0 Å². The zero-order chi connectivity index (χ0) is 14.0. The van der Waals surface area contributed by atoms with Gasteiger partial charge < -0.3 is 11.1 Å². The molecule has 0 aromatic carbocycles. The summed E-state index contributed by atoms with van der Waals surface area (Å²) >= 11 is 0. The predicted molar refractivity (Wildman–Crippen MR) is 78.0 cm³/mol. The molecule has 0 amide bonds. The second-order valence-electron chi connectivity index (χ2n) is 5.05. The first-order valence-corrected chi connectivity index (χ1v) is 6.47. The molecule has 2 heterocycles. The predicted octanol–water partition coefficient (Wildman–Crippen LogP) is 2.44. The number of hydrogen-bond donors (Lipinski definition) is 2. The van der Waals surface area contributed by atoms with Gasteiger partial charge in [0.1, 0.15) is 5.82 Å². The summed E-state index contributed by atoms with van der Waals surface area (Å²) in [6.07, 6.45) is 0. The number of nitrogens with two attached hydrogens (primary N) is 1. The van der Waals surface area contributed by atoms with Crippen LogP contribution in [0, 0.1) is 6.92 Å². The maximum absolute atomic E-state index is 6.13. The highest BCUT2D eigenvalue weighted by Crippen LogP contribution is 2.27. The number of nitrogen functional groups attached to an aromatic ring is 1. The maximum atomic E-state index is 6.13. The number of aromatic nitrogens is 3. The van der Waals surface area contributed by atoms with E-state index in [2.05, 4.69) is 29.2 Å². The molecule has 5 heteroatoms. The Bertz CT molecular complexity index is 571. The molecule has 2 aromatic heterocycles. The SMILES string of the molecule is Cc1cccc(CNc2c(N)c(C(C)C)nn2C)n1. The molecule has 0 spiro atoms. The minimum absolute atomic E-state index is 0.318. The van der Waals surface area contributed by atoms with Crippen LogP contribution in [0.1, 0.15) is 36.8 Å². The van der Waals surface area contributed by atoms with E-state index in [-0.39, 0.29) is 0 Å². The first-order valence-electron chi connectivity index (χ1n) is 6.47. The van der Waals surface area contributed by atoms with Crippen LogP contribution in [0.5, 0.6) is 0 Å². The van der Waals surface area contributed by atoms with Gasteiger partial charge in [0.2, 0.25) is 0 Å². The monoisotopic (exact) mass is 259 g/mol. The van der Waals surface area contributed by atoms with Crippen molar-refractivity contribution in [3.63, 3.8) is 0 Å². The summed E-state index contributed by atoms with van der Waals surface area (Å²) in [5.41, 5.74) is 9.80. The van der Waals surface area contributed by atoms with Gasteiger partial charge in [-0.25, -0.2) is 0 Å². The van der Waals surface area contributed by atoms with Crippen molar-refractivity contribution in [2.45, 2.75) is 33.2 Å². The largest absolute Gasteiger partial charge is 0.394 e. The lowest BCUT2D eigenvalue weighted by Crippen LogP contribution is -2.07. The van der Waals surface area contributed by atoms with Gasteiger partial charge in [-0.05, 0) is 25.0 Å². The van der Waals surface area contributed by atoms with Gasteiger partial charge in [-0.15, -0.1) is 0 Å². The van der Waals surface area contributed by atoms with Crippen LogP contribution < -0.4 is 11.1 Å². The zero-order valence-corrected chi connectivity index (χ0v) is 11.9. The normalized spacial score (nSPS) is 11.0. The number of aryl methyl sites for hydroxylation is 2. The molecule has 0 atom stereocenters.